The maximum absolute atomic E-state index is 13.3. The molecule has 0 spiro atoms. The van der Waals surface area contributed by atoms with Crippen molar-refractivity contribution in [1.29, 1.82) is 0 Å². The molecule has 0 aliphatic carbocycles. The summed E-state index contributed by atoms with van der Waals surface area (Å²) in [5.74, 6) is -8.84. The largest absolute Gasteiger partial charge is 0.481 e. The van der Waals surface area contributed by atoms with Gasteiger partial charge in [-0.05, 0) is 18.9 Å². The summed E-state index contributed by atoms with van der Waals surface area (Å²) in [6, 6.07) is 8.79. The zero-order chi connectivity index (χ0) is 32.6. The monoisotopic (exact) mass is 602 g/mol. The van der Waals surface area contributed by atoms with Gasteiger partial charge in [-0.3, -0.25) is 14.4 Å². The van der Waals surface area contributed by atoms with E-state index in [2.05, 4.69) is 19.7 Å². The second kappa shape index (κ2) is 17.3. The predicted octanol–water partition coefficient (Wildman–Crippen LogP) is 3.20. The van der Waals surface area contributed by atoms with Crippen LogP contribution in [0.1, 0.15) is 32.8 Å². The Labute approximate surface area is 250 Å². The number of rotatable bonds is 19. The normalized spacial score (nSPS) is 13.6. The minimum Gasteiger partial charge on any atom is -0.481 e. The van der Waals surface area contributed by atoms with Crippen molar-refractivity contribution in [2.45, 2.75) is 33.8 Å². The van der Waals surface area contributed by atoms with Crippen molar-refractivity contribution in [2.24, 2.45) is 22.7 Å². The number of aliphatic carboxylic acids is 1. The zero-order valence-electron chi connectivity index (χ0n) is 24.6. The Morgan fingerprint density at radius 2 is 1.23 bits per heavy atom. The lowest BCUT2D eigenvalue weighted by Gasteiger charge is -2.35. The molecule has 1 aromatic rings. The van der Waals surface area contributed by atoms with E-state index in [1.165, 1.54) is 13.8 Å². The van der Waals surface area contributed by atoms with E-state index in [9.17, 15) is 33.9 Å². The highest BCUT2D eigenvalue weighted by Crippen LogP contribution is 2.39. The molecule has 12 nitrogen and oxygen atoms in total. The summed E-state index contributed by atoms with van der Waals surface area (Å²) in [7, 11) is 0. The second-order valence-electron chi connectivity index (χ2n) is 9.98. The average Bonchev–Trinajstić information content (AvgIpc) is 3.02. The first-order valence-corrected chi connectivity index (χ1v) is 13.3. The summed E-state index contributed by atoms with van der Waals surface area (Å²) in [6.07, 6.45) is 2.62. The van der Waals surface area contributed by atoms with Gasteiger partial charge in [0.05, 0.1) is 17.3 Å². The van der Waals surface area contributed by atoms with Gasteiger partial charge in [-0.15, -0.1) is 0 Å². The molecule has 43 heavy (non-hydrogen) atoms. The Morgan fingerprint density at radius 1 is 0.791 bits per heavy atom. The standard InChI is InChI=1S/C31H38O12/c1-7-23(32)40-17-31(18-41-24(33)8-2,19-42-25(34)9-3)20-43-28(37)21(5)26(27(35)36)30(6,10-4)29(38)39-16-22-14-12-11-13-15-22/h7-9,11-15,21,26H,1-3,10,16-20H2,4-6H3,(H,35,36). The molecule has 0 fully saturated rings. The van der Waals surface area contributed by atoms with Crippen LogP contribution in [0.5, 0.6) is 0 Å². The van der Waals surface area contributed by atoms with Crippen molar-refractivity contribution in [3.63, 3.8) is 0 Å². The van der Waals surface area contributed by atoms with E-state index in [-0.39, 0.29) is 13.0 Å². The molecule has 12 heteroatoms. The highest BCUT2D eigenvalue weighted by Gasteiger charge is 2.51. The average molecular weight is 603 g/mol. The minimum atomic E-state index is -1.63. The molecule has 0 aliphatic heterocycles. The molecule has 1 aromatic carbocycles. The van der Waals surface area contributed by atoms with Crippen molar-refractivity contribution in [1.82, 2.24) is 0 Å². The predicted molar refractivity (Wildman–Crippen MR) is 152 cm³/mol. The van der Waals surface area contributed by atoms with Crippen LogP contribution < -0.4 is 0 Å². The molecule has 0 bridgehead atoms. The van der Waals surface area contributed by atoms with Crippen LogP contribution in [0.4, 0.5) is 0 Å². The second-order valence-corrected chi connectivity index (χ2v) is 9.98. The number of hydrogen-bond acceptors (Lipinski definition) is 11. The van der Waals surface area contributed by atoms with E-state index in [0.29, 0.717) is 5.56 Å². The number of ether oxygens (including phenoxy) is 5. The molecule has 1 N–H and O–H groups in total. The van der Waals surface area contributed by atoms with Gasteiger partial charge in [-0.1, -0.05) is 63.9 Å². The lowest BCUT2D eigenvalue weighted by Crippen LogP contribution is -2.48. The molecule has 0 amide bonds. The summed E-state index contributed by atoms with van der Waals surface area (Å²) in [5.41, 5.74) is -2.56. The maximum Gasteiger partial charge on any atom is 0.330 e. The van der Waals surface area contributed by atoms with E-state index in [1.807, 2.05) is 0 Å². The third kappa shape index (κ3) is 10.9. The van der Waals surface area contributed by atoms with Gasteiger partial charge in [0.1, 0.15) is 38.4 Å². The first-order chi connectivity index (χ1) is 20.3. The van der Waals surface area contributed by atoms with Crippen LogP contribution in [0.25, 0.3) is 0 Å². The Bertz CT molecular complexity index is 1130. The van der Waals surface area contributed by atoms with E-state index in [1.54, 1.807) is 37.3 Å². The Hall–Kier alpha value is -4.74. The minimum absolute atomic E-state index is 0.0195. The first kappa shape index (κ1) is 36.3. The van der Waals surface area contributed by atoms with E-state index in [4.69, 9.17) is 23.7 Å². The molecule has 0 heterocycles. The molecule has 1 rings (SSSR count). The number of benzene rings is 1. The van der Waals surface area contributed by atoms with E-state index in [0.717, 1.165) is 18.2 Å². The Balaban J connectivity index is 3.26. The number of carbonyl (C=O) groups excluding carboxylic acids is 5. The van der Waals surface area contributed by atoms with Gasteiger partial charge in [0, 0.05) is 18.2 Å². The number of carboxylic acid groups (broad SMARTS) is 1. The molecule has 0 aromatic heterocycles. The van der Waals surface area contributed by atoms with Crippen molar-refractivity contribution >= 4 is 35.8 Å². The van der Waals surface area contributed by atoms with E-state index >= 15 is 0 Å². The smallest absolute Gasteiger partial charge is 0.330 e. The van der Waals surface area contributed by atoms with Crippen LogP contribution in [0.3, 0.4) is 0 Å². The molecular weight excluding hydrogens is 564 g/mol. The SMILES string of the molecule is C=CC(=O)OCC(COC(=O)C=C)(COC(=O)C=C)COC(=O)C(C)C(C(=O)O)C(C)(CC)C(=O)OCc1ccccc1. The van der Waals surface area contributed by atoms with Crippen LogP contribution in [0, 0.1) is 22.7 Å². The van der Waals surface area contributed by atoms with Crippen LogP contribution in [-0.2, 0) is 59.1 Å². The fourth-order valence-corrected chi connectivity index (χ4v) is 4.01. The van der Waals surface area contributed by atoms with Crippen LogP contribution in [-0.4, -0.2) is 67.3 Å². The quantitative estimate of drug-likeness (QED) is 0.140. The summed E-state index contributed by atoms with van der Waals surface area (Å²) in [6.45, 7) is 11.7. The first-order valence-electron chi connectivity index (χ1n) is 13.3. The number of esters is 5. The van der Waals surface area contributed by atoms with Crippen LogP contribution >= 0.6 is 0 Å². The van der Waals surface area contributed by atoms with Gasteiger partial charge in [0.2, 0.25) is 0 Å². The fraction of sp³-hybridized carbons (Fsp3) is 0.419. The molecule has 0 saturated carbocycles. The summed E-state index contributed by atoms with van der Waals surface area (Å²) >= 11 is 0. The molecule has 0 saturated heterocycles. The number of carbonyl (C=O) groups is 6. The molecule has 3 unspecified atom stereocenters. The van der Waals surface area contributed by atoms with Crippen molar-refractivity contribution < 1.29 is 57.6 Å². The van der Waals surface area contributed by atoms with Gasteiger partial charge in [-0.25, -0.2) is 14.4 Å². The van der Waals surface area contributed by atoms with Crippen LogP contribution in [0.15, 0.2) is 68.3 Å². The number of hydrogen-bond donors (Lipinski definition) is 1. The van der Waals surface area contributed by atoms with Gasteiger partial charge in [0.25, 0.3) is 0 Å². The maximum atomic E-state index is 13.3. The third-order valence-electron chi connectivity index (χ3n) is 6.82. The van der Waals surface area contributed by atoms with Gasteiger partial charge in [0.15, 0.2) is 0 Å². The van der Waals surface area contributed by atoms with Gasteiger partial charge >= 0.3 is 35.8 Å². The topological polar surface area (TPSA) is 169 Å². The van der Waals surface area contributed by atoms with Crippen molar-refractivity contribution in [3.8, 4) is 0 Å². The molecule has 0 radical (unpaired) electrons. The zero-order valence-corrected chi connectivity index (χ0v) is 24.6. The Morgan fingerprint density at radius 3 is 1.63 bits per heavy atom. The highest BCUT2D eigenvalue weighted by atomic mass is 16.6. The van der Waals surface area contributed by atoms with Gasteiger partial charge < -0.3 is 28.8 Å². The third-order valence-corrected chi connectivity index (χ3v) is 6.82. The lowest BCUT2D eigenvalue weighted by molar-refractivity contribution is -0.178. The van der Waals surface area contributed by atoms with Crippen LogP contribution in [0.2, 0.25) is 0 Å². The van der Waals surface area contributed by atoms with Crippen molar-refractivity contribution in [2.75, 3.05) is 26.4 Å². The Kier molecular flexibility index (Phi) is 14.6. The fourth-order valence-electron chi connectivity index (χ4n) is 4.01. The number of carboxylic acids is 1. The molecular formula is C31H38O12. The summed E-state index contributed by atoms with van der Waals surface area (Å²) < 4.78 is 26.2. The van der Waals surface area contributed by atoms with Crippen molar-refractivity contribution in [3.05, 3.63) is 73.9 Å². The molecule has 234 valence electrons. The molecule has 0 aliphatic rings. The van der Waals surface area contributed by atoms with Gasteiger partial charge in [-0.2, -0.15) is 0 Å². The summed E-state index contributed by atoms with van der Waals surface area (Å²) in [4.78, 5) is 74.3. The lowest BCUT2D eigenvalue weighted by atomic mass is 9.69. The van der Waals surface area contributed by atoms with E-state index < -0.39 is 84.9 Å². The molecule has 3 atom stereocenters. The summed E-state index contributed by atoms with van der Waals surface area (Å²) in [5, 5.41) is 10.1. The highest BCUT2D eigenvalue weighted by molar-refractivity contribution is 5.88.